The lowest BCUT2D eigenvalue weighted by Crippen LogP contribution is -2.44. The molecule has 2 saturated heterocycles. The Hall–Kier alpha value is -3.48. The van der Waals surface area contributed by atoms with Crippen molar-refractivity contribution < 1.29 is 42.7 Å². The average molecular weight is 527 g/mol. The summed E-state index contributed by atoms with van der Waals surface area (Å²) < 4.78 is 48.1. The van der Waals surface area contributed by atoms with Gasteiger partial charge in [0.05, 0.1) is 27.4 Å². The van der Waals surface area contributed by atoms with E-state index in [1.54, 1.807) is 26.4 Å². The molecule has 5 rings (SSSR count). The molecule has 2 aliphatic rings. The van der Waals surface area contributed by atoms with E-state index in [9.17, 15) is 4.79 Å². The fourth-order valence-corrected chi connectivity index (χ4v) is 4.53. The molecular formula is C27H30N2O9. The average Bonchev–Trinajstić information content (AvgIpc) is 3.73. The number of ether oxygens (including phenoxy) is 8. The SMILES string of the molecule is COc1ccc(C2OCC(C3OC(OC)C(OC(=O)n4ccnc4)C3OCc3ccccc3)O2)cc1OC. The number of rotatable bonds is 9. The van der Waals surface area contributed by atoms with E-state index in [0.29, 0.717) is 11.5 Å². The Morgan fingerprint density at radius 3 is 2.55 bits per heavy atom. The zero-order valence-corrected chi connectivity index (χ0v) is 21.3. The number of hydrogen-bond acceptors (Lipinski definition) is 10. The molecular weight excluding hydrogens is 496 g/mol. The fraction of sp³-hybridized carbons (Fsp3) is 0.407. The number of hydrogen-bond donors (Lipinski definition) is 0. The first-order valence-corrected chi connectivity index (χ1v) is 12.1. The molecule has 0 bridgehead atoms. The van der Waals surface area contributed by atoms with Crippen LogP contribution in [-0.2, 0) is 35.0 Å². The molecule has 11 heteroatoms. The highest BCUT2D eigenvalue weighted by Crippen LogP contribution is 2.39. The Morgan fingerprint density at radius 2 is 1.84 bits per heavy atom. The third kappa shape index (κ3) is 5.52. The van der Waals surface area contributed by atoms with E-state index in [4.69, 9.17) is 37.9 Å². The molecule has 11 nitrogen and oxygen atoms in total. The Morgan fingerprint density at radius 1 is 1.03 bits per heavy atom. The van der Waals surface area contributed by atoms with E-state index in [1.165, 1.54) is 30.4 Å². The molecule has 3 heterocycles. The molecule has 0 N–H and O–H groups in total. The molecule has 6 unspecified atom stereocenters. The number of aromatic nitrogens is 2. The van der Waals surface area contributed by atoms with Crippen molar-refractivity contribution in [1.29, 1.82) is 0 Å². The van der Waals surface area contributed by atoms with Crippen molar-refractivity contribution in [3.8, 4) is 11.5 Å². The van der Waals surface area contributed by atoms with Gasteiger partial charge in [-0.15, -0.1) is 0 Å². The first kappa shape index (κ1) is 26.1. The Bertz CT molecular complexity index is 1190. The van der Waals surface area contributed by atoms with Crippen molar-refractivity contribution in [3.05, 3.63) is 78.4 Å². The number of benzene rings is 2. The first-order valence-electron chi connectivity index (χ1n) is 12.1. The number of methoxy groups -OCH3 is 3. The van der Waals surface area contributed by atoms with Crippen molar-refractivity contribution in [2.75, 3.05) is 27.9 Å². The van der Waals surface area contributed by atoms with Gasteiger partial charge < -0.3 is 37.9 Å². The molecule has 38 heavy (non-hydrogen) atoms. The second kappa shape index (κ2) is 11.9. The predicted octanol–water partition coefficient (Wildman–Crippen LogP) is 3.32. The lowest BCUT2D eigenvalue weighted by atomic mass is 10.1. The van der Waals surface area contributed by atoms with Crippen LogP contribution in [0, 0.1) is 0 Å². The van der Waals surface area contributed by atoms with Crippen molar-refractivity contribution in [2.45, 2.75) is 43.6 Å². The molecule has 2 aromatic carbocycles. The van der Waals surface area contributed by atoms with Crippen LogP contribution in [0.15, 0.2) is 67.3 Å². The predicted molar refractivity (Wildman–Crippen MR) is 132 cm³/mol. The van der Waals surface area contributed by atoms with Crippen molar-refractivity contribution in [1.82, 2.24) is 9.55 Å². The summed E-state index contributed by atoms with van der Waals surface area (Å²) in [6, 6.07) is 15.1. The quantitative estimate of drug-likeness (QED) is 0.412. The van der Waals surface area contributed by atoms with Crippen LogP contribution in [0.1, 0.15) is 17.4 Å². The van der Waals surface area contributed by atoms with Gasteiger partial charge in [-0.3, -0.25) is 0 Å². The summed E-state index contributed by atoms with van der Waals surface area (Å²) in [6.45, 7) is 0.501. The van der Waals surface area contributed by atoms with Gasteiger partial charge in [-0.25, -0.2) is 14.3 Å². The van der Waals surface area contributed by atoms with Crippen LogP contribution in [-0.4, -0.2) is 74.3 Å². The summed E-state index contributed by atoms with van der Waals surface area (Å²) in [4.78, 5) is 16.7. The van der Waals surface area contributed by atoms with Gasteiger partial charge >= 0.3 is 6.09 Å². The van der Waals surface area contributed by atoms with Gasteiger partial charge in [-0.05, 0) is 17.7 Å². The van der Waals surface area contributed by atoms with Crippen molar-refractivity contribution >= 4 is 6.09 Å². The van der Waals surface area contributed by atoms with Crippen molar-refractivity contribution in [2.24, 2.45) is 0 Å². The molecule has 202 valence electrons. The maximum Gasteiger partial charge on any atom is 0.419 e. The fourth-order valence-electron chi connectivity index (χ4n) is 4.53. The monoisotopic (exact) mass is 526 g/mol. The van der Waals surface area contributed by atoms with Gasteiger partial charge in [0.15, 0.2) is 30.2 Å². The molecule has 2 aliphatic heterocycles. The van der Waals surface area contributed by atoms with Gasteiger partial charge in [0.25, 0.3) is 0 Å². The molecule has 6 atom stereocenters. The zero-order chi connectivity index (χ0) is 26.5. The van der Waals surface area contributed by atoms with Gasteiger partial charge in [0, 0.05) is 25.1 Å². The van der Waals surface area contributed by atoms with E-state index >= 15 is 0 Å². The van der Waals surface area contributed by atoms with Gasteiger partial charge in [0.2, 0.25) is 0 Å². The molecule has 0 saturated carbocycles. The Kier molecular flexibility index (Phi) is 8.20. The van der Waals surface area contributed by atoms with Crippen molar-refractivity contribution in [3.63, 3.8) is 0 Å². The topological polar surface area (TPSA) is 109 Å². The number of nitrogens with zero attached hydrogens (tertiary/aromatic N) is 2. The van der Waals surface area contributed by atoms with Crippen LogP contribution in [0.25, 0.3) is 0 Å². The molecule has 0 radical (unpaired) electrons. The molecule has 1 aromatic heterocycles. The van der Waals surface area contributed by atoms with Crippen LogP contribution in [0.5, 0.6) is 11.5 Å². The molecule has 3 aromatic rings. The summed E-state index contributed by atoms with van der Waals surface area (Å²) in [6.07, 6.45) is -0.555. The highest BCUT2D eigenvalue weighted by molar-refractivity contribution is 5.70. The van der Waals surface area contributed by atoms with Crippen LogP contribution >= 0.6 is 0 Å². The smallest absolute Gasteiger partial charge is 0.419 e. The second-order valence-electron chi connectivity index (χ2n) is 8.74. The standard InChI is InChI=1S/C27H30N2O9/c1-31-19-10-9-18(13-20(19)32-2)25-35-15-21(36-25)22-23(34-14-17-7-5-4-6-8-17)24(26(33-3)37-22)38-27(30)29-12-11-28-16-29/h4-13,16,21-26H,14-15H2,1-3H3. The highest BCUT2D eigenvalue weighted by Gasteiger charge is 2.53. The minimum atomic E-state index is -0.878. The maximum absolute atomic E-state index is 12.8. The normalized spacial score (nSPS) is 26.8. The van der Waals surface area contributed by atoms with Gasteiger partial charge in [-0.2, -0.15) is 0 Å². The summed E-state index contributed by atoms with van der Waals surface area (Å²) in [7, 11) is 4.63. The third-order valence-electron chi connectivity index (χ3n) is 6.43. The molecule has 0 aliphatic carbocycles. The molecule has 0 spiro atoms. The number of carbonyl (C=O) groups is 1. The summed E-state index contributed by atoms with van der Waals surface area (Å²) >= 11 is 0. The first-order chi connectivity index (χ1) is 18.6. The molecule has 0 amide bonds. The lowest BCUT2D eigenvalue weighted by molar-refractivity contribution is -0.170. The zero-order valence-electron chi connectivity index (χ0n) is 21.3. The third-order valence-corrected chi connectivity index (χ3v) is 6.43. The summed E-state index contributed by atoms with van der Waals surface area (Å²) in [5, 5.41) is 0. The van der Waals surface area contributed by atoms with Crippen LogP contribution < -0.4 is 9.47 Å². The number of imidazole rings is 1. The number of carbonyl (C=O) groups excluding carboxylic acids is 1. The van der Waals surface area contributed by atoms with Crippen LogP contribution in [0.3, 0.4) is 0 Å². The van der Waals surface area contributed by atoms with E-state index in [2.05, 4.69) is 4.98 Å². The van der Waals surface area contributed by atoms with E-state index in [-0.39, 0.29) is 13.2 Å². The highest BCUT2D eigenvalue weighted by atomic mass is 16.8. The summed E-state index contributed by atoms with van der Waals surface area (Å²) in [5.74, 6) is 1.16. The molecule has 2 fully saturated rings. The van der Waals surface area contributed by atoms with Gasteiger partial charge in [0.1, 0.15) is 24.6 Å². The maximum atomic E-state index is 12.8. The van der Waals surface area contributed by atoms with Crippen LogP contribution in [0.4, 0.5) is 4.79 Å². The van der Waals surface area contributed by atoms with Crippen LogP contribution in [0.2, 0.25) is 0 Å². The van der Waals surface area contributed by atoms with E-state index in [1.807, 2.05) is 36.4 Å². The van der Waals surface area contributed by atoms with Gasteiger partial charge in [-0.1, -0.05) is 36.4 Å². The van der Waals surface area contributed by atoms with E-state index in [0.717, 1.165) is 11.1 Å². The minimum Gasteiger partial charge on any atom is -0.493 e. The second-order valence-corrected chi connectivity index (χ2v) is 8.74. The minimum absolute atomic E-state index is 0.230. The van der Waals surface area contributed by atoms with E-state index < -0.39 is 43.1 Å². The Labute approximate surface area is 220 Å². The summed E-state index contributed by atoms with van der Waals surface area (Å²) in [5.41, 5.74) is 1.72. The Balaban J connectivity index is 1.35. The lowest BCUT2D eigenvalue weighted by Gasteiger charge is -2.26. The largest absolute Gasteiger partial charge is 0.493 e.